The van der Waals surface area contributed by atoms with Gasteiger partial charge in [0, 0.05) is 11.8 Å². The summed E-state index contributed by atoms with van der Waals surface area (Å²) >= 11 is 3.14. The van der Waals surface area contributed by atoms with E-state index in [9.17, 15) is 4.79 Å². The molecule has 0 aliphatic rings. The second kappa shape index (κ2) is 5.16. The number of hydrogen-bond acceptors (Lipinski definition) is 4. The molecule has 6 heteroatoms. The molecule has 0 amide bonds. The van der Waals surface area contributed by atoms with Crippen LogP contribution in [0.1, 0.15) is 19.5 Å². The third-order valence-electron chi connectivity index (χ3n) is 1.58. The highest BCUT2D eigenvalue weighted by Crippen LogP contribution is 2.35. The Morgan fingerprint density at radius 2 is 2.19 bits per heavy atom. The van der Waals surface area contributed by atoms with Gasteiger partial charge in [-0.05, 0) is 36.7 Å². The maximum atomic E-state index is 10.5. The molecule has 1 heterocycles. The van der Waals surface area contributed by atoms with Gasteiger partial charge in [0.05, 0.1) is 6.10 Å². The number of hydrogen-bond donors (Lipinski definition) is 1. The standard InChI is InChI=1S/C10H12BrNO4/c1-5(2)15-7-4-6(3)12-9(11)8(7)16-10(13)14/h4-5H,1-3H3,(H,13,14). The molecule has 0 saturated carbocycles. The topological polar surface area (TPSA) is 68.7 Å². The van der Waals surface area contributed by atoms with Crippen molar-refractivity contribution in [2.75, 3.05) is 0 Å². The van der Waals surface area contributed by atoms with Crippen molar-refractivity contribution in [2.45, 2.75) is 26.9 Å². The van der Waals surface area contributed by atoms with Gasteiger partial charge in [-0.25, -0.2) is 9.78 Å². The van der Waals surface area contributed by atoms with E-state index < -0.39 is 6.16 Å². The molecule has 1 aromatic heterocycles. The number of aryl methyl sites for hydroxylation is 1. The highest BCUT2D eigenvalue weighted by molar-refractivity contribution is 9.10. The maximum absolute atomic E-state index is 10.5. The molecule has 16 heavy (non-hydrogen) atoms. The number of rotatable bonds is 3. The number of halogens is 1. The third-order valence-corrected chi connectivity index (χ3v) is 2.12. The van der Waals surface area contributed by atoms with Crippen LogP contribution in [0, 0.1) is 6.92 Å². The number of carbonyl (C=O) groups is 1. The second-order valence-corrected chi connectivity index (χ2v) is 4.17. The van der Waals surface area contributed by atoms with Gasteiger partial charge >= 0.3 is 6.16 Å². The fourth-order valence-corrected chi connectivity index (χ4v) is 1.67. The van der Waals surface area contributed by atoms with Crippen molar-refractivity contribution in [1.82, 2.24) is 4.98 Å². The van der Waals surface area contributed by atoms with Crippen molar-refractivity contribution < 1.29 is 19.4 Å². The third kappa shape index (κ3) is 3.37. The molecule has 5 nitrogen and oxygen atoms in total. The van der Waals surface area contributed by atoms with Gasteiger partial charge in [-0.2, -0.15) is 0 Å². The van der Waals surface area contributed by atoms with E-state index in [1.807, 2.05) is 13.8 Å². The summed E-state index contributed by atoms with van der Waals surface area (Å²) in [6.07, 6.45) is -1.48. The largest absolute Gasteiger partial charge is 0.511 e. The SMILES string of the molecule is Cc1cc(OC(C)C)c(OC(=O)O)c(Br)n1. The number of nitrogens with zero attached hydrogens (tertiary/aromatic N) is 1. The molecule has 0 saturated heterocycles. The lowest BCUT2D eigenvalue weighted by Crippen LogP contribution is -2.11. The minimum Gasteiger partial charge on any atom is -0.487 e. The zero-order chi connectivity index (χ0) is 12.3. The van der Waals surface area contributed by atoms with Crippen LogP contribution in [0.3, 0.4) is 0 Å². The van der Waals surface area contributed by atoms with Gasteiger partial charge in [0.1, 0.15) is 0 Å². The number of aromatic nitrogens is 1. The van der Waals surface area contributed by atoms with Gasteiger partial charge in [0.25, 0.3) is 0 Å². The summed E-state index contributed by atoms with van der Waals surface area (Å²) in [7, 11) is 0. The van der Waals surface area contributed by atoms with Crippen LogP contribution in [-0.4, -0.2) is 22.3 Å². The summed E-state index contributed by atoms with van der Waals surface area (Å²) < 4.78 is 10.4. The van der Waals surface area contributed by atoms with E-state index in [2.05, 4.69) is 25.7 Å². The van der Waals surface area contributed by atoms with E-state index in [-0.39, 0.29) is 11.9 Å². The van der Waals surface area contributed by atoms with E-state index in [4.69, 9.17) is 9.84 Å². The van der Waals surface area contributed by atoms with Crippen molar-refractivity contribution in [3.05, 3.63) is 16.4 Å². The molecule has 88 valence electrons. The summed E-state index contributed by atoms with van der Waals surface area (Å²) in [6, 6.07) is 1.63. The first-order valence-corrected chi connectivity index (χ1v) is 5.44. The van der Waals surface area contributed by atoms with E-state index in [1.165, 1.54) is 0 Å². The molecule has 0 bridgehead atoms. The van der Waals surface area contributed by atoms with Crippen LogP contribution < -0.4 is 9.47 Å². The molecule has 1 rings (SSSR count). The number of pyridine rings is 1. The van der Waals surface area contributed by atoms with Crippen LogP contribution in [-0.2, 0) is 0 Å². The van der Waals surface area contributed by atoms with Crippen molar-refractivity contribution in [3.63, 3.8) is 0 Å². The quantitative estimate of drug-likeness (QED) is 0.684. The molecule has 1 N–H and O–H groups in total. The molecular formula is C10H12BrNO4. The van der Waals surface area contributed by atoms with Gasteiger partial charge in [0.15, 0.2) is 10.4 Å². The minimum absolute atomic E-state index is 0.0757. The average Bonchev–Trinajstić information content (AvgIpc) is 2.09. The Bertz CT molecular complexity index is 406. The maximum Gasteiger partial charge on any atom is 0.511 e. The molecule has 0 spiro atoms. The van der Waals surface area contributed by atoms with Gasteiger partial charge < -0.3 is 14.6 Å². The molecule has 0 radical (unpaired) electrons. The molecule has 0 aromatic carbocycles. The lowest BCUT2D eigenvalue weighted by atomic mass is 10.3. The first-order valence-electron chi connectivity index (χ1n) is 4.64. The fraction of sp³-hybridized carbons (Fsp3) is 0.400. The van der Waals surface area contributed by atoms with Crippen LogP contribution in [0.2, 0.25) is 0 Å². The monoisotopic (exact) mass is 289 g/mol. The Kier molecular flexibility index (Phi) is 4.12. The molecule has 0 atom stereocenters. The normalized spacial score (nSPS) is 10.3. The average molecular weight is 290 g/mol. The van der Waals surface area contributed by atoms with Crippen LogP contribution in [0.15, 0.2) is 10.7 Å². The van der Waals surface area contributed by atoms with E-state index in [0.717, 1.165) is 0 Å². The summed E-state index contributed by atoms with van der Waals surface area (Å²) in [5.41, 5.74) is 0.709. The summed E-state index contributed by atoms with van der Waals surface area (Å²) in [5.74, 6) is 0.434. The van der Waals surface area contributed by atoms with Crippen LogP contribution >= 0.6 is 15.9 Å². The smallest absolute Gasteiger partial charge is 0.487 e. The summed E-state index contributed by atoms with van der Waals surface area (Å²) in [4.78, 5) is 14.6. The highest BCUT2D eigenvalue weighted by Gasteiger charge is 2.16. The molecule has 0 unspecified atom stereocenters. The Labute approximate surface area is 102 Å². The first kappa shape index (κ1) is 12.8. The first-order chi connectivity index (χ1) is 7.40. The van der Waals surface area contributed by atoms with Gasteiger partial charge in [-0.1, -0.05) is 0 Å². The van der Waals surface area contributed by atoms with Crippen molar-refractivity contribution in [1.29, 1.82) is 0 Å². The van der Waals surface area contributed by atoms with Crippen LogP contribution in [0.25, 0.3) is 0 Å². The Hall–Kier alpha value is -1.30. The van der Waals surface area contributed by atoms with Crippen molar-refractivity contribution in [3.8, 4) is 11.5 Å². The summed E-state index contributed by atoms with van der Waals surface area (Å²) in [5, 5.41) is 8.59. The summed E-state index contributed by atoms with van der Waals surface area (Å²) in [6.45, 7) is 5.46. The van der Waals surface area contributed by atoms with Gasteiger partial charge in [-0.15, -0.1) is 0 Å². The van der Waals surface area contributed by atoms with Gasteiger partial charge in [0.2, 0.25) is 5.75 Å². The van der Waals surface area contributed by atoms with Crippen LogP contribution in [0.4, 0.5) is 4.79 Å². The number of carboxylic acid groups (broad SMARTS) is 1. The van der Waals surface area contributed by atoms with Crippen LogP contribution in [0.5, 0.6) is 11.5 Å². The predicted octanol–water partition coefficient (Wildman–Crippen LogP) is 3.00. The van der Waals surface area contributed by atoms with Crippen molar-refractivity contribution >= 4 is 22.1 Å². The zero-order valence-electron chi connectivity index (χ0n) is 9.15. The Balaban J connectivity index is 3.15. The molecule has 0 fully saturated rings. The van der Waals surface area contributed by atoms with E-state index in [0.29, 0.717) is 16.0 Å². The molecule has 1 aromatic rings. The highest BCUT2D eigenvalue weighted by atomic mass is 79.9. The Morgan fingerprint density at radius 1 is 1.56 bits per heavy atom. The van der Waals surface area contributed by atoms with Gasteiger partial charge in [-0.3, -0.25) is 0 Å². The molecule has 0 aliphatic carbocycles. The molecular weight excluding hydrogens is 278 g/mol. The second-order valence-electron chi connectivity index (χ2n) is 3.42. The minimum atomic E-state index is -1.40. The van der Waals surface area contributed by atoms with E-state index >= 15 is 0 Å². The zero-order valence-corrected chi connectivity index (χ0v) is 10.7. The molecule has 0 aliphatic heterocycles. The predicted molar refractivity (Wildman–Crippen MR) is 61.1 cm³/mol. The lowest BCUT2D eigenvalue weighted by molar-refractivity contribution is 0.139. The fourth-order valence-electron chi connectivity index (χ4n) is 1.12. The number of ether oxygens (including phenoxy) is 2. The lowest BCUT2D eigenvalue weighted by Gasteiger charge is -2.14. The van der Waals surface area contributed by atoms with E-state index in [1.54, 1.807) is 13.0 Å². The van der Waals surface area contributed by atoms with Crippen molar-refractivity contribution in [2.24, 2.45) is 0 Å². The Morgan fingerprint density at radius 3 is 2.69 bits per heavy atom.